The number of carbonyl (C=O) groups is 3. The molecule has 6 nitrogen and oxygen atoms in total. The van der Waals surface area contributed by atoms with Crippen molar-refractivity contribution in [2.75, 3.05) is 0 Å². The molecule has 0 unspecified atom stereocenters. The average molecular weight is 410 g/mol. The molecule has 0 aliphatic heterocycles. The molecule has 0 saturated carbocycles. The van der Waals surface area contributed by atoms with E-state index in [9.17, 15) is 14.4 Å². The maximum atomic E-state index is 11.4. The van der Waals surface area contributed by atoms with Gasteiger partial charge >= 0.3 is 121 Å². The van der Waals surface area contributed by atoms with Crippen LogP contribution in [0.4, 0.5) is 0 Å². The number of carboxylic acid groups (broad SMARTS) is 1. The van der Waals surface area contributed by atoms with E-state index in [4.69, 9.17) is 10.8 Å². The molecule has 0 aliphatic rings. The third-order valence-electron chi connectivity index (χ3n) is 3.69. The van der Waals surface area contributed by atoms with Crippen LogP contribution in [0.1, 0.15) is 86.8 Å². The van der Waals surface area contributed by atoms with Crippen molar-refractivity contribution in [3.05, 3.63) is 0 Å². The van der Waals surface area contributed by atoms with Gasteiger partial charge in [0.25, 0.3) is 0 Å². The van der Waals surface area contributed by atoms with Crippen LogP contribution in [0, 0.1) is 0 Å². The van der Waals surface area contributed by atoms with Gasteiger partial charge in [-0.15, -0.1) is 0 Å². The van der Waals surface area contributed by atoms with Crippen LogP contribution in [-0.4, -0.2) is 29.1 Å². The van der Waals surface area contributed by atoms with Gasteiger partial charge in [-0.3, -0.25) is 14.4 Å². The van der Waals surface area contributed by atoms with Crippen LogP contribution in [0.15, 0.2) is 0 Å². The summed E-state index contributed by atoms with van der Waals surface area (Å²) in [6.07, 6.45) is 10.4. The van der Waals surface area contributed by atoms with Crippen LogP contribution in [0.25, 0.3) is 0 Å². The number of ether oxygens (including phenoxy) is 1. The molecule has 0 bridgehead atoms. The zero-order valence-electron chi connectivity index (χ0n) is 18.2. The number of unbranched alkanes of at least 4 members (excludes halogenated alkanes) is 8. The molecule has 138 valence electrons. The van der Waals surface area contributed by atoms with E-state index in [1.165, 1.54) is 38.5 Å². The number of hydrogen-bond donors (Lipinski definition) is 2. The zero-order chi connectivity index (χ0) is 17.5. The van der Waals surface area contributed by atoms with E-state index in [0.29, 0.717) is 0 Å². The first-order valence-electron chi connectivity index (χ1n) is 8.69. The Hall–Kier alpha value is 1.84. The molecular weight excluding hydrogens is 376 g/mol. The molecular formula is C17H33K2NO5. The van der Waals surface area contributed by atoms with Crippen molar-refractivity contribution in [2.45, 2.75) is 90.0 Å². The van der Waals surface area contributed by atoms with Crippen LogP contribution < -0.4 is 109 Å². The Morgan fingerprint density at radius 3 is 1.80 bits per heavy atom. The van der Waals surface area contributed by atoms with Crippen molar-refractivity contribution < 1.29 is 130 Å². The van der Waals surface area contributed by atoms with Gasteiger partial charge in [-0.05, 0) is 12.8 Å². The Morgan fingerprint density at radius 2 is 1.32 bits per heavy atom. The standard InChI is InChI=1S/C17H31NO5.2K.2H/c1-2-3-4-5-6-7-8-9-10-11-15(19)23-16(20)13-12-14(18)17(21)22;;;;/h14H,2-13,18H2,1H3,(H,21,22);;;;/q;2*+1;2*-1/t14-;;;;/m0..../s1. The summed E-state index contributed by atoms with van der Waals surface area (Å²) >= 11 is 0. The predicted molar refractivity (Wildman–Crippen MR) is 90.0 cm³/mol. The van der Waals surface area contributed by atoms with Gasteiger partial charge in [0.05, 0.1) is 0 Å². The molecule has 0 aromatic rings. The molecule has 0 saturated heterocycles. The molecule has 0 heterocycles. The Kier molecular flexibility index (Phi) is 27.9. The number of carbonyl (C=O) groups excluding carboxylic acids is 2. The van der Waals surface area contributed by atoms with Crippen molar-refractivity contribution in [1.29, 1.82) is 0 Å². The smallest absolute Gasteiger partial charge is 1.00 e. The van der Waals surface area contributed by atoms with Crippen molar-refractivity contribution in [1.82, 2.24) is 0 Å². The summed E-state index contributed by atoms with van der Waals surface area (Å²) in [6, 6.07) is -1.10. The minimum atomic E-state index is -1.17. The van der Waals surface area contributed by atoms with Gasteiger partial charge in [-0.25, -0.2) is 0 Å². The minimum Gasteiger partial charge on any atom is -1.00 e. The second-order valence-corrected chi connectivity index (χ2v) is 5.91. The Morgan fingerprint density at radius 1 is 0.880 bits per heavy atom. The summed E-state index contributed by atoms with van der Waals surface area (Å²) in [5.41, 5.74) is 5.27. The molecule has 0 aliphatic carbocycles. The van der Waals surface area contributed by atoms with Crippen molar-refractivity contribution in [3.8, 4) is 0 Å². The summed E-state index contributed by atoms with van der Waals surface area (Å²) in [4.78, 5) is 33.3. The Balaban J connectivity index is -0.000000403. The van der Waals surface area contributed by atoms with Gasteiger partial charge in [0.1, 0.15) is 6.04 Å². The first kappa shape index (κ1) is 31.5. The summed E-state index contributed by atoms with van der Waals surface area (Å²) < 4.78 is 4.63. The molecule has 0 amide bonds. The normalized spacial score (nSPS) is 11.0. The van der Waals surface area contributed by atoms with Gasteiger partial charge in [0.15, 0.2) is 0 Å². The number of rotatable bonds is 14. The van der Waals surface area contributed by atoms with Crippen molar-refractivity contribution in [3.63, 3.8) is 0 Å². The Bertz CT molecular complexity index is 377. The summed E-state index contributed by atoms with van der Waals surface area (Å²) in [6.45, 7) is 2.20. The van der Waals surface area contributed by atoms with Crippen LogP contribution in [0.2, 0.25) is 0 Å². The number of esters is 2. The fourth-order valence-electron chi connectivity index (χ4n) is 2.21. The first-order valence-corrected chi connectivity index (χ1v) is 8.69. The van der Waals surface area contributed by atoms with Crippen LogP contribution >= 0.6 is 0 Å². The average Bonchev–Trinajstić information content (AvgIpc) is 2.50. The SMILES string of the molecule is CCCCCCCCCCCC(=O)OC(=O)CC[C@H](N)C(=O)O.[H-].[H-].[K+].[K+]. The van der Waals surface area contributed by atoms with E-state index in [1.54, 1.807) is 0 Å². The second kappa shape index (κ2) is 22.1. The minimum absolute atomic E-state index is 0. The molecule has 1 atom stereocenters. The molecule has 0 aromatic carbocycles. The van der Waals surface area contributed by atoms with E-state index in [-0.39, 0.29) is 125 Å². The quantitative estimate of drug-likeness (QED) is 0.141. The molecule has 25 heavy (non-hydrogen) atoms. The monoisotopic (exact) mass is 409 g/mol. The van der Waals surface area contributed by atoms with Gasteiger partial charge in [-0.2, -0.15) is 0 Å². The predicted octanol–water partition coefficient (Wildman–Crippen LogP) is -2.60. The third-order valence-corrected chi connectivity index (χ3v) is 3.69. The van der Waals surface area contributed by atoms with E-state index in [1.807, 2.05) is 0 Å². The second-order valence-electron chi connectivity index (χ2n) is 5.91. The third kappa shape index (κ3) is 22.0. The van der Waals surface area contributed by atoms with Crippen molar-refractivity contribution in [2.24, 2.45) is 5.73 Å². The summed E-state index contributed by atoms with van der Waals surface area (Å²) in [7, 11) is 0. The molecule has 0 aromatic heterocycles. The molecule has 0 fully saturated rings. The Labute approximate surface area is 239 Å². The van der Waals surface area contributed by atoms with Crippen LogP contribution in [-0.2, 0) is 19.1 Å². The maximum Gasteiger partial charge on any atom is 1.00 e. The van der Waals surface area contributed by atoms with Gasteiger partial charge in [-0.1, -0.05) is 58.3 Å². The van der Waals surface area contributed by atoms with Crippen LogP contribution in [0.3, 0.4) is 0 Å². The number of aliphatic carboxylic acids is 1. The molecule has 0 radical (unpaired) electrons. The van der Waals surface area contributed by atoms with Gasteiger partial charge in [0.2, 0.25) is 0 Å². The number of carboxylic acids is 1. The molecule has 3 N–H and O–H groups in total. The molecule has 0 spiro atoms. The topological polar surface area (TPSA) is 107 Å². The van der Waals surface area contributed by atoms with E-state index < -0.39 is 23.9 Å². The largest absolute Gasteiger partial charge is 1.00 e. The molecule has 0 rings (SSSR count). The summed E-state index contributed by atoms with van der Waals surface area (Å²) in [5.74, 6) is -2.41. The molecule has 8 heteroatoms. The van der Waals surface area contributed by atoms with Crippen LogP contribution in [0.5, 0.6) is 0 Å². The van der Waals surface area contributed by atoms with E-state index >= 15 is 0 Å². The first-order chi connectivity index (χ1) is 11.0. The summed E-state index contributed by atoms with van der Waals surface area (Å²) in [5, 5.41) is 8.58. The van der Waals surface area contributed by atoms with E-state index in [2.05, 4.69) is 11.7 Å². The fourth-order valence-corrected chi connectivity index (χ4v) is 2.21. The van der Waals surface area contributed by atoms with Gasteiger partial charge < -0.3 is 18.4 Å². The number of hydrogen-bond acceptors (Lipinski definition) is 5. The number of nitrogens with two attached hydrogens (primary N) is 1. The van der Waals surface area contributed by atoms with E-state index in [0.717, 1.165) is 19.3 Å². The zero-order valence-corrected chi connectivity index (χ0v) is 22.5. The van der Waals surface area contributed by atoms with Gasteiger partial charge in [0, 0.05) is 12.8 Å². The fraction of sp³-hybridized carbons (Fsp3) is 0.824. The van der Waals surface area contributed by atoms with Crippen molar-refractivity contribution >= 4 is 17.9 Å². The maximum absolute atomic E-state index is 11.4.